The van der Waals surface area contributed by atoms with Gasteiger partial charge in [-0.05, 0) is 25.1 Å². The fourth-order valence-corrected chi connectivity index (χ4v) is 2.07. The van der Waals surface area contributed by atoms with Crippen LogP contribution in [-0.2, 0) is 0 Å². The lowest BCUT2D eigenvalue weighted by molar-refractivity contribution is 0.0955. The number of amides is 1. The summed E-state index contributed by atoms with van der Waals surface area (Å²) in [5, 5.41) is 15.1. The Morgan fingerprint density at radius 3 is 2.89 bits per heavy atom. The van der Waals surface area contributed by atoms with Crippen LogP contribution in [0.2, 0.25) is 0 Å². The van der Waals surface area contributed by atoms with Crippen LogP contribution in [0.1, 0.15) is 20.8 Å². The largest absolute Gasteiger partial charge is 0.507 e. The van der Waals surface area contributed by atoms with Gasteiger partial charge in [0.1, 0.15) is 5.75 Å². The van der Waals surface area contributed by atoms with Gasteiger partial charge in [-0.2, -0.15) is 5.10 Å². The maximum atomic E-state index is 11.7. The number of aromatic hydroxyl groups is 1. The fourth-order valence-electron chi connectivity index (χ4n) is 1.38. The standard InChI is InChI=1S/C13H12N2O2S/c1-9-6-11(8-18-9)13(17)15-14-7-10-4-2-3-5-12(10)16/h2-8,16H,1H3,(H,15,17). The molecule has 1 aromatic heterocycles. The molecular formula is C13H12N2O2S. The molecule has 2 aromatic rings. The lowest BCUT2D eigenvalue weighted by atomic mass is 10.2. The molecule has 0 fully saturated rings. The number of hydrogen-bond donors (Lipinski definition) is 2. The first-order valence-electron chi connectivity index (χ1n) is 5.33. The number of nitrogens with one attached hydrogen (secondary N) is 1. The molecule has 0 aliphatic carbocycles. The SMILES string of the molecule is Cc1cc(C(=O)NN=Cc2ccccc2O)cs1. The van der Waals surface area contributed by atoms with Gasteiger partial charge in [0.2, 0.25) is 0 Å². The molecule has 92 valence electrons. The van der Waals surface area contributed by atoms with Crippen molar-refractivity contribution in [2.75, 3.05) is 0 Å². The first-order valence-corrected chi connectivity index (χ1v) is 6.21. The molecule has 0 spiro atoms. The van der Waals surface area contributed by atoms with Crippen molar-refractivity contribution in [3.8, 4) is 5.75 Å². The van der Waals surface area contributed by atoms with Gasteiger partial charge in [0.15, 0.2) is 0 Å². The van der Waals surface area contributed by atoms with Crippen molar-refractivity contribution in [2.24, 2.45) is 5.10 Å². The van der Waals surface area contributed by atoms with Gasteiger partial charge in [-0.1, -0.05) is 12.1 Å². The molecule has 2 rings (SSSR count). The second-order valence-electron chi connectivity index (χ2n) is 3.70. The Bertz CT molecular complexity index is 590. The summed E-state index contributed by atoms with van der Waals surface area (Å²) in [6.07, 6.45) is 1.41. The van der Waals surface area contributed by atoms with Crippen LogP contribution in [0.3, 0.4) is 0 Å². The molecule has 0 atom stereocenters. The molecule has 5 heteroatoms. The molecule has 18 heavy (non-hydrogen) atoms. The van der Waals surface area contributed by atoms with Gasteiger partial charge < -0.3 is 5.11 Å². The lowest BCUT2D eigenvalue weighted by Crippen LogP contribution is -2.16. The van der Waals surface area contributed by atoms with Crippen molar-refractivity contribution in [1.82, 2.24) is 5.43 Å². The zero-order chi connectivity index (χ0) is 13.0. The molecule has 2 N–H and O–H groups in total. The molecule has 0 saturated heterocycles. The smallest absolute Gasteiger partial charge is 0.272 e. The second-order valence-corrected chi connectivity index (χ2v) is 4.82. The summed E-state index contributed by atoms with van der Waals surface area (Å²) in [4.78, 5) is 12.7. The van der Waals surface area contributed by atoms with Crippen LogP contribution in [-0.4, -0.2) is 17.2 Å². The number of para-hydroxylation sites is 1. The van der Waals surface area contributed by atoms with Gasteiger partial charge in [0.25, 0.3) is 5.91 Å². The molecule has 1 amide bonds. The van der Waals surface area contributed by atoms with Crippen molar-refractivity contribution in [3.05, 3.63) is 51.7 Å². The van der Waals surface area contributed by atoms with Crippen LogP contribution in [0.5, 0.6) is 5.75 Å². The monoisotopic (exact) mass is 260 g/mol. The zero-order valence-electron chi connectivity index (χ0n) is 9.75. The number of phenolic OH excluding ortho intramolecular Hbond substituents is 1. The predicted molar refractivity (Wildman–Crippen MR) is 72.2 cm³/mol. The van der Waals surface area contributed by atoms with E-state index in [1.807, 2.05) is 6.92 Å². The van der Waals surface area contributed by atoms with Gasteiger partial charge in [-0.3, -0.25) is 4.79 Å². The second kappa shape index (κ2) is 5.46. The predicted octanol–water partition coefficient (Wildman–Crippen LogP) is 2.53. The van der Waals surface area contributed by atoms with E-state index in [2.05, 4.69) is 10.5 Å². The number of carbonyl (C=O) groups is 1. The van der Waals surface area contributed by atoms with Crippen molar-refractivity contribution < 1.29 is 9.90 Å². The van der Waals surface area contributed by atoms with Crippen LogP contribution in [0.25, 0.3) is 0 Å². The molecule has 0 radical (unpaired) electrons. The van der Waals surface area contributed by atoms with Crippen LogP contribution in [0.15, 0.2) is 40.8 Å². The highest BCUT2D eigenvalue weighted by Gasteiger charge is 2.05. The first kappa shape index (κ1) is 12.3. The summed E-state index contributed by atoms with van der Waals surface area (Å²) in [5.74, 6) is -0.132. The maximum Gasteiger partial charge on any atom is 0.272 e. The van der Waals surface area contributed by atoms with E-state index in [-0.39, 0.29) is 11.7 Å². The third-order valence-corrected chi connectivity index (χ3v) is 3.16. The molecule has 0 unspecified atom stereocenters. The molecule has 0 bridgehead atoms. The minimum absolute atomic E-state index is 0.127. The first-order chi connectivity index (χ1) is 8.66. The number of nitrogens with zero attached hydrogens (tertiary/aromatic N) is 1. The van der Waals surface area contributed by atoms with Crippen molar-refractivity contribution in [1.29, 1.82) is 0 Å². The summed E-state index contributed by atoms with van der Waals surface area (Å²) in [6, 6.07) is 8.57. The number of benzene rings is 1. The highest BCUT2D eigenvalue weighted by atomic mass is 32.1. The summed E-state index contributed by atoms with van der Waals surface area (Å²) in [7, 11) is 0. The molecule has 4 nitrogen and oxygen atoms in total. The Morgan fingerprint density at radius 1 is 1.44 bits per heavy atom. The Labute approximate surface area is 109 Å². The number of phenols is 1. The summed E-state index contributed by atoms with van der Waals surface area (Å²) >= 11 is 1.51. The van der Waals surface area contributed by atoms with E-state index in [4.69, 9.17) is 0 Å². The van der Waals surface area contributed by atoms with Gasteiger partial charge in [-0.25, -0.2) is 5.43 Å². The summed E-state index contributed by atoms with van der Waals surface area (Å²) in [6.45, 7) is 1.94. The van der Waals surface area contributed by atoms with E-state index in [9.17, 15) is 9.90 Å². The fraction of sp³-hybridized carbons (Fsp3) is 0.0769. The van der Waals surface area contributed by atoms with E-state index in [0.29, 0.717) is 11.1 Å². The van der Waals surface area contributed by atoms with Gasteiger partial charge in [0, 0.05) is 15.8 Å². The van der Waals surface area contributed by atoms with Crippen LogP contribution < -0.4 is 5.43 Å². The van der Waals surface area contributed by atoms with Gasteiger partial charge in [0.05, 0.1) is 11.8 Å². The van der Waals surface area contributed by atoms with E-state index >= 15 is 0 Å². The number of aryl methyl sites for hydroxylation is 1. The molecule has 0 saturated carbocycles. The van der Waals surface area contributed by atoms with Gasteiger partial charge in [-0.15, -0.1) is 11.3 Å². The average molecular weight is 260 g/mol. The number of thiophene rings is 1. The van der Waals surface area contributed by atoms with Crippen LogP contribution >= 0.6 is 11.3 Å². The molecule has 1 aromatic carbocycles. The average Bonchev–Trinajstić information content (AvgIpc) is 2.78. The third kappa shape index (κ3) is 2.95. The van der Waals surface area contributed by atoms with E-state index in [0.717, 1.165) is 4.88 Å². The minimum Gasteiger partial charge on any atom is -0.507 e. The van der Waals surface area contributed by atoms with Gasteiger partial charge >= 0.3 is 0 Å². The van der Waals surface area contributed by atoms with Crippen LogP contribution in [0, 0.1) is 6.92 Å². The summed E-state index contributed by atoms with van der Waals surface area (Å²) in [5.41, 5.74) is 3.56. The molecular weight excluding hydrogens is 248 g/mol. The van der Waals surface area contributed by atoms with E-state index < -0.39 is 0 Å². The molecule has 1 heterocycles. The van der Waals surface area contributed by atoms with Crippen molar-refractivity contribution >= 4 is 23.5 Å². The molecule has 0 aliphatic rings. The van der Waals surface area contributed by atoms with E-state index in [1.165, 1.54) is 17.6 Å². The highest BCUT2D eigenvalue weighted by Crippen LogP contribution is 2.13. The molecule has 0 aliphatic heterocycles. The highest BCUT2D eigenvalue weighted by molar-refractivity contribution is 7.10. The minimum atomic E-state index is -0.258. The maximum absolute atomic E-state index is 11.7. The quantitative estimate of drug-likeness (QED) is 0.658. The van der Waals surface area contributed by atoms with E-state index in [1.54, 1.807) is 35.7 Å². The third-order valence-electron chi connectivity index (χ3n) is 2.30. The Kier molecular flexibility index (Phi) is 3.74. The topological polar surface area (TPSA) is 61.7 Å². The Balaban J connectivity index is 2.00. The number of hydrogen-bond acceptors (Lipinski definition) is 4. The van der Waals surface area contributed by atoms with Crippen molar-refractivity contribution in [2.45, 2.75) is 6.92 Å². The number of hydrazone groups is 1. The zero-order valence-corrected chi connectivity index (χ0v) is 10.6. The number of rotatable bonds is 3. The Morgan fingerprint density at radius 2 is 2.22 bits per heavy atom. The van der Waals surface area contributed by atoms with Crippen LogP contribution in [0.4, 0.5) is 0 Å². The number of carbonyl (C=O) groups excluding carboxylic acids is 1. The normalized spacial score (nSPS) is 10.7. The summed E-state index contributed by atoms with van der Waals surface area (Å²) < 4.78 is 0. The lowest BCUT2D eigenvalue weighted by Gasteiger charge is -1.98. The van der Waals surface area contributed by atoms with Crippen molar-refractivity contribution in [3.63, 3.8) is 0 Å². The Hall–Kier alpha value is -2.14.